The molecule has 4 unspecified atom stereocenters. The standard InChI is InChI=1S/C27H31F3O2/c1-3-11-32-26-10-8-20(14-23(26)28)27-24(29)15-21(16-25(27)30)18-5-6-19-13-22(31-4-2)9-7-17(19)12-18/h3,8,10,14-19,22H,1,4-7,9,11-13H2,2H3. The molecule has 0 saturated heterocycles. The Bertz CT molecular complexity index is 935. The maximum Gasteiger partial charge on any atom is 0.165 e. The van der Waals surface area contributed by atoms with Gasteiger partial charge in [-0.1, -0.05) is 18.7 Å². The summed E-state index contributed by atoms with van der Waals surface area (Å²) in [5.74, 6) is -0.536. The highest BCUT2D eigenvalue weighted by atomic mass is 19.1. The van der Waals surface area contributed by atoms with Crippen molar-refractivity contribution >= 4 is 0 Å². The van der Waals surface area contributed by atoms with Crippen LogP contribution in [0, 0.1) is 29.3 Å². The van der Waals surface area contributed by atoms with Gasteiger partial charge in [0, 0.05) is 6.61 Å². The number of fused-ring (bicyclic) bond motifs is 1. The van der Waals surface area contributed by atoms with Gasteiger partial charge in [-0.05, 0) is 98.6 Å². The van der Waals surface area contributed by atoms with E-state index in [2.05, 4.69) is 6.58 Å². The minimum absolute atomic E-state index is 0.0295. The van der Waals surface area contributed by atoms with Gasteiger partial charge in [-0.2, -0.15) is 0 Å². The van der Waals surface area contributed by atoms with Crippen molar-refractivity contribution in [1.82, 2.24) is 0 Å². The topological polar surface area (TPSA) is 18.5 Å². The molecule has 2 aromatic carbocycles. The summed E-state index contributed by atoms with van der Waals surface area (Å²) >= 11 is 0. The molecule has 32 heavy (non-hydrogen) atoms. The van der Waals surface area contributed by atoms with Crippen molar-refractivity contribution in [3.05, 3.63) is 66.0 Å². The molecule has 5 heteroatoms. The van der Waals surface area contributed by atoms with Crippen LogP contribution in [-0.2, 0) is 4.74 Å². The van der Waals surface area contributed by atoms with Crippen molar-refractivity contribution < 1.29 is 22.6 Å². The second-order valence-corrected chi connectivity index (χ2v) is 9.02. The van der Waals surface area contributed by atoms with Gasteiger partial charge in [0.05, 0.1) is 11.7 Å². The maximum absolute atomic E-state index is 15.0. The molecule has 2 aliphatic carbocycles. The van der Waals surface area contributed by atoms with E-state index in [0.717, 1.165) is 51.2 Å². The summed E-state index contributed by atoms with van der Waals surface area (Å²) in [5, 5.41) is 0. The van der Waals surface area contributed by atoms with Crippen LogP contribution >= 0.6 is 0 Å². The Morgan fingerprint density at radius 1 is 0.938 bits per heavy atom. The normalized spacial score (nSPS) is 25.2. The van der Waals surface area contributed by atoms with Gasteiger partial charge in [0.1, 0.15) is 18.2 Å². The summed E-state index contributed by atoms with van der Waals surface area (Å²) in [4.78, 5) is 0. The molecule has 4 rings (SSSR count). The largest absolute Gasteiger partial charge is 0.486 e. The van der Waals surface area contributed by atoms with E-state index < -0.39 is 17.5 Å². The monoisotopic (exact) mass is 444 g/mol. The van der Waals surface area contributed by atoms with Crippen LogP contribution in [0.1, 0.15) is 56.9 Å². The molecule has 0 aromatic heterocycles. The van der Waals surface area contributed by atoms with Crippen molar-refractivity contribution in [3.8, 4) is 16.9 Å². The van der Waals surface area contributed by atoms with E-state index in [-0.39, 0.29) is 29.4 Å². The minimum Gasteiger partial charge on any atom is -0.486 e. The first-order chi connectivity index (χ1) is 15.5. The van der Waals surface area contributed by atoms with Crippen LogP contribution in [0.5, 0.6) is 5.75 Å². The third-order valence-corrected chi connectivity index (χ3v) is 7.08. The smallest absolute Gasteiger partial charge is 0.165 e. The van der Waals surface area contributed by atoms with E-state index in [1.807, 2.05) is 6.92 Å². The van der Waals surface area contributed by atoms with Gasteiger partial charge in [0.15, 0.2) is 11.6 Å². The van der Waals surface area contributed by atoms with Crippen LogP contribution < -0.4 is 4.74 Å². The summed E-state index contributed by atoms with van der Waals surface area (Å²) in [6, 6.07) is 6.86. The maximum atomic E-state index is 15.0. The molecule has 0 N–H and O–H groups in total. The van der Waals surface area contributed by atoms with Gasteiger partial charge in [-0.3, -0.25) is 0 Å². The number of rotatable bonds is 7. The minimum atomic E-state index is -0.659. The first-order valence-corrected chi connectivity index (χ1v) is 11.6. The average Bonchev–Trinajstić information content (AvgIpc) is 2.78. The van der Waals surface area contributed by atoms with Crippen molar-refractivity contribution in [2.24, 2.45) is 11.8 Å². The summed E-state index contributed by atoms with van der Waals surface area (Å²) in [7, 11) is 0. The lowest BCUT2D eigenvalue weighted by atomic mass is 9.65. The van der Waals surface area contributed by atoms with Crippen molar-refractivity contribution in [3.63, 3.8) is 0 Å². The van der Waals surface area contributed by atoms with E-state index in [1.54, 1.807) is 0 Å². The first kappa shape index (κ1) is 22.9. The quantitative estimate of drug-likeness (QED) is 0.414. The molecule has 0 heterocycles. The molecule has 2 aliphatic rings. The first-order valence-electron chi connectivity index (χ1n) is 11.6. The molecule has 0 amide bonds. The predicted octanol–water partition coefficient (Wildman–Crippen LogP) is 7.42. The third-order valence-electron chi connectivity index (χ3n) is 7.08. The molecule has 0 radical (unpaired) electrons. The molecular weight excluding hydrogens is 413 g/mol. The number of ether oxygens (including phenoxy) is 2. The van der Waals surface area contributed by atoms with Crippen molar-refractivity contribution in [1.29, 1.82) is 0 Å². The molecule has 172 valence electrons. The zero-order valence-electron chi connectivity index (χ0n) is 18.6. The van der Waals surface area contributed by atoms with Crippen molar-refractivity contribution in [2.45, 2.75) is 57.5 Å². The molecule has 2 fully saturated rings. The second kappa shape index (κ2) is 10.1. The Morgan fingerprint density at radius 2 is 1.66 bits per heavy atom. The Morgan fingerprint density at radius 3 is 2.34 bits per heavy atom. The Kier molecular flexibility index (Phi) is 7.24. The number of halogens is 3. The zero-order valence-corrected chi connectivity index (χ0v) is 18.6. The fourth-order valence-electron chi connectivity index (χ4n) is 5.56. The van der Waals surface area contributed by atoms with E-state index in [0.29, 0.717) is 23.5 Å². The van der Waals surface area contributed by atoms with E-state index in [1.165, 1.54) is 30.3 Å². The lowest BCUT2D eigenvalue weighted by molar-refractivity contribution is -0.00957. The Balaban J connectivity index is 1.50. The fourth-order valence-corrected chi connectivity index (χ4v) is 5.56. The van der Waals surface area contributed by atoms with Crippen LogP contribution in [0.15, 0.2) is 43.0 Å². The summed E-state index contributed by atoms with van der Waals surface area (Å²) in [5.41, 5.74) is 0.669. The lowest BCUT2D eigenvalue weighted by Gasteiger charge is -2.42. The molecule has 2 saturated carbocycles. The molecule has 4 atom stereocenters. The summed E-state index contributed by atoms with van der Waals surface area (Å²) < 4.78 is 55.4. The van der Waals surface area contributed by atoms with Gasteiger partial charge in [0.2, 0.25) is 0 Å². The van der Waals surface area contributed by atoms with Gasteiger partial charge in [-0.15, -0.1) is 0 Å². The SMILES string of the molecule is C=CCOc1ccc(-c2c(F)cc(C3CCC4CC(OCC)CCC4C3)cc2F)cc1F. The molecule has 0 spiro atoms. The Hall–Kier alpha value is -2.27. The predicted molar refractivity (Wildman–Crippen MR) is 120 cm³/mol. The summed E-state index contributed by atoms with van der Waals surface area (Å²) in [6.45, 7) is 6.47. The number of benzene rings is 2. The third kappa shape index (κ3) is 4.88. The van der Waals surface area contributed by atoms with Crippen LogP contribution in [-0.4, -0.2) is 19.3 Å². The highest BCUT2D eigenvalue weighted by Gasteiger charge is 2.36. The van der Waals surface area contributed by atoms with Crippen LogP contribution in [0.2, 0.25) is 0 Å². The zero-order chi connectivity index (χ0) is 22.7. The fraction of sp³-hybridized carbons (Fsp3) is 0.481. The van der Waals surface area contributed by atoms with Gasteiger partial charge in [0.25, 0.3) is 0 Å². The summed E-state index contributed by atoms with van der Waals surface area (Å²) in [6.07, 6.45) is 8.13. The second-order valence-electron chi connectivity index (χ2n) is 9.02. The van der Waals surface area contributed by atoms with E-state index in [9.17, 15) is 4.39 Å². The molecule has 2 aromatic rings. The number of hydrogen-bond donors (Lipinski definition) is 0. The highest BCUT2D eigenvalue weighted by Crippen LogP contribution is 2.47. The van der Waals surface area contributed by atoms with Crippen molar-refractivity contribution in [2.75, 3.05) is 13.2 Å². The highest BCUT2D eigenvalue weighted by molar-refractivity contribution is 5.66. The van der Waals surface area contributed by atoms with Crippen LogP contribution in [0.25, 0.3) is 11.1 Å². The molecule has 2 nitrogen and oxygen atoms in total. The molecular formula is C27H31F3O2. The lowest BCUT2D eigenvalue weighted by Crippen LogP contribution is -2.33. The van der Waals surface area contributed by atoms with Gasteiger partial charge < -0.3 is 9.47 Å². The van der Waals surface area contributed by atoms with E-state index >= 15 is 8.78 Å². The van der Waals surface area contributed by atoms with Gasteiger partial charge in [-0.25, -0.2) is 13.2 Å². The number of hydrogen-bond acceptors (Lipinski definition) is 2. The van der Waals surface area contributed by atoms with E-state index in [4.69, 9.17) is 9.47 Å². The average molecular weight is 445 g/mol. The van der Waals surface area contributed by atoms with Gasteiger partial charge >= 0.3 is 0 Å². The Labute approximate surface area is 188 Å². The van der Waals surface area contributed by atoms with Crippen LogP contribution in [0.3, 0.4) is 0 Å². The molecule has 0 bridgehead atoms. The molecule has 0 aliphatic heterocycles. The van der Waals surface area contributed by atoms with Crippen LogP contribution in [0.4, 0.5) is 13.2 Å².